The quantitative estimate of drug-likeness (QED) is 0.721. The normalized spacial score (nSPS) is 10.2. The molecule has 6 nitrogen and oxygen atoms in total. The van der Waals surface area contributed by atoms with Crippen LogP contribution in [0.3, 0.4) is 0 Å². The molecule has 1 rings (SSSR count). The lowest BCUT2D eigenvalue weighted by atomic mass is 10.5. The Bertz CT molecular complexity index is 337. The average Bonchev–Trinajstić information content (AvgIpc) is 2.75. The van der Waals surface area contributed by atoms with Gasteiger partial charge in [0.15, 0.2) is 5.69 Å². The Morgan fingerprint density at radius 1 is 1.62 bits per heavy atom. The third-order valence-corrected chi connectivity index (χ3v) is 2.00. The van der Waals surface area contributed by atoms with Gasteiger partial charge in [0.25, 0.3) is 6.01 Å². The highest BCUT2D eigenvalue weighted by atomic mass is 16.5. The predicted octanol–water partition coefficient (Wildman–Crippen LogP) is 0.670. The number of oxazole rings is 1. The van der Waals surface area contributed by atoms with E-state index in [1.54, 1.807) is 11.8 Å². The van der Waals surface area contributed by atoms with Crippen molar-refractivity contribution in [2.45, 2.75) is 13.8 Å². The number of hydrogen-bond acceptors (Lipinski definition) is 6. The van der Waals surface area contributed by atoms with Gasteiger partial charge in [0.2, 0.25) is 0 Å². The maximum Gasteiger partial charge on any atom is 0.360 e. The van der Waals surface area contributed by atoms with Crippen LogP contribution in [0.15, 0.2) is 10.7 Å². The van der Waals surface area contributed by atoms with Gasteiger partial charge in [0.05, 0.1) is 13.2 Å². The van der Waals surface area contributed by atoms with Gasteiger partial charge in [-0.2, -0.15) is 4.98 Å². The molecule has 1 aromatic rings. The molecule has 0 saturated heterocycles. The lowest BCUT2D eigenvalue weighted by Gasteiger charge is -2.16. The number of aromatic nitrogens is 1. The fourth-order valence-electron chi connectivity index (χ4n) is 1.22. The van der Waals surface area contributed by atoms with Crippen molar-refractivity contribution in [2.75, 3.05) is 31.2 Å². The highest BCUT2D eigenvalue weighted by Crippen LogP contribution is 2.13. The average molecular weight is 228 g/mol. The molecular weight excluding hydrogens is 212 g/mol. The minimum atomic E-state index is -0.502. The van der Waals surface area contributed by atoms with Crippen molar-refractivity contribution >= 4 is 12.0 Å². The Morgan fingerprint density at radius 2 is 2.38 bits per heavy atom. The van der Waals surface area contributed by atoms with E-state index in [0.717, 1.165) is 0 Å². The molecule has 0 bridgehead atoms. The number of rotatable bonds is 6. The first kappa shape index (κ1) is 12.5. The lowest BCUT2D eigenvalue weighted by Crippen LogP contribution is -2.26. The van der Waals surface area contributed by atoms with E-state index in [4.69, 9.17) is 14.3 Å². The van der Waals surface area contributed by atoms with Crippen LogP contribution in [0.1, 0.15) is 24.3 Å². The largest absolute Gasteiger partial charge is 0.461 e. The van der Waals surface area contributed by atoms with Gasteiger partial charge in [0, 0.05) is 13.1 Å². The van der Waals surface area contributed by atoms with Crippen LogP contribution in [0.25, 0.3) is 0 Å². The van der Waals surface area contributed by atoms with Gasteiger partial charge >= 0.3 is 5.97 Å². The fraction of sp³-hybridized carbons (Fsp3) is 0.600. The summed E-state index contributed by atoms with van der Waals surface area (Å²) in [5, 5.41) is 8.83. The van der Waals surface area contributed by atoms with E-state index in [-0.39, 0.29) is 12.3 Å². The molecule has 0 saturated carbocycles. The molecule has 0 atom stereocenters. The Balaban J connectivity index is 2.72. The molecule has 1 N–H and O–H groups in total. The van der Waals surface area contributed by atoms with Crippen LogP contribution in [0.5, 0.6) is 0 Å². The fourth-order valence-corrected chi connectivity index (χ4v) is 1.22. The second-order valence-electron chi connectivity index (χ2n) is 3.04. The summed E-state index contributed by atoms with van der Waals surface area (Å²) in [6.45, 7) is 5.00. The molecular formula is C10H16N2O4. The zero-order valence-electron chi connectivity index (χ0n) is 9.47. The Kier molecular flexibility index (Phi) is 4.78. The summed E-state index contributed by atoms with van der Waals surface area (Å²) in [6.07, 6.45) is 1.26. The maximum absolute atomic E-state index is 11.3. The number of hydrogen-bond donors (Lipinski definition) is 1. The van der Waals surface area contributed by atoms with Crippen LogP contribution in [0, 0.1) is 0 Å². The van der Waals surface area contributed by atoms with Gasteiger partial charge in [-0.1, -0.05) is 0 Å². The van der Waals surface area contributed by atoms with Crippen molar-refractivity contribution in [1.82, 2.24) is 4.98 Å². The summed E-state index contributed by atoms with van der Waals surface area (Å²) < 4.78 is 9.93. The molecule has 0 amide bonds. The Morgan fingerprint density at radius 3 is 2.94 bits per heavy atom. The molecule has 0 fully saturated rings. The second-order valence-corrected chi connectivity index (χ2v) is 3.04. The zero-order valence-corrected chi connectivity index (χ0v) is 9.47. The standard InChI is InChI=1S/C10H16N2O4/c1-3-12(5-6-13)10-11-8(7-16-10)9(14)15-4-2/h7,13H,3-6H2,1-2H3. The van der Waals surface area contributed by atoms with Crippen molar-refractivity contribution in [3.05, 3.63) is 12.0 Å². The van der Waals surface area contributed by atoms with Gasteiger partial charge in [-0.25, -0.2) is 4.79 Å². The number of carbonyl (C=O) groups excluding carboxylic acids is 1. The number of aliphatic hydroxyl groups is 1. The first-order chi connectivity index (χ1) is 7.72. The molecule has 0 radical (unpaired) electrons. The minimum absolute atomic E-state index is 0.00492. The summed E-state index contributed by atoms with van der Waals surface area (Å²) in [5.74, 6) is -0.502. The van der Waals surface area contributed by atoms with Gasteiger partial charge in [0.1, 0.15) is 6.26 Å². The number of carbonyl (C=O) groups is 1. The summed E-state index contributed by atoms with van der Waals surface area (Å²) in [7, 11) is 0. The maximum atomic E-state index is 11.3. The third kappa shape index (κ3) is 2.96. The zero-order chi connectivity index (χ0) is 12.0. The molecule has 0 aliphatic carbocycles. The first-order valence-electron chi connectivity index (χ1n) is 5.21. The van der Waals surface area contributed by atoms with Crippen molar-refractivity contribution in [3.8, 4) is 0 Å². The molecule has 0 aliphatic rings. The van der Waals surface area contributed by atoms with E-state index in [9.17, 15) is 4.79 Å². The van der Waals surface area contributed by atoms with Crippen molar-refractivity contribution in [3.63, 3.8) is 0 Å². The molecule has 0 spiro atoms. The summed E-state index contributed by atoms with van der Waals surface area (Å²) in [5.41, 5.74) is 0.147. The number of nitrogens with zero attached hydrogens (tertiary/aromatic N) is 2. The van der Waals surface area contributed by atoms with Crippen molar-refractivity contribution in [1.29, 1.82) is 0 Å². The van der Waals surface area contributed by atoms with Gasteiger partial charge in [-0.15, -0.1) is 0 Å². The van der Waals surface area contributed by atoms with Crippen molar-refractivity contribution in [2.24, 2.45) is 0 Å². The molecule has 0 aromatic carbocycles. The third-order valence-electron chi connectivity index (χ3n) is 2.00. The number of ether oxygens (including phenoxy) is 1. The Hall–Kier alpha value is -1.56. The molecule has 0 aliphatic heterocycles. The molecule has 90 valence electrons. The van der Waals surface area contributed by atoms with E-state index < -0.39 is 5.97 Å². The molecule has 6 heteroatoms. The van der Waals surface area contributed by atoms with E-state index >= 15 is 0 Å². The number of aliphatic hydroxyl groups excluding tert-OH is 1. The first-order valence-corrected chi connectivity index (χ1v) is 5.21. The van der Waals surface area contributed by atoms with E-state index in [0.29, 0.717) is 25.7 Å². The van der Waals surface area contributed by atoms with Crippen LogP contribution in [-0.2, 0) is 4.74 Å². The summed E-state index contributed by atoms with van der Waals surface area (Å²) in [6, 6.07) is 0.319. The van der Waals surface area contributed by atoms with Gasteiger partial charge in [-0.05, 0) is 13.8 Å². The van der Waals surface area contributed by atoms with Crippen molar-refractivity contribution < 1.29 is 19.1 Å². The Labute approximate surface area is 93.8 Å². The van der Waals surface area contributed by atoms with Gasteiger partial charge < -0.3 is 19.2 Å². The molecule has 16 heavy (non-hydrogen) atoms. The molecule has 0 unspecified atom stereocenters. The van der Waals surface area contributed by atoms with E-state index in [1.165, 1.54) is 6.26 Å². The minimum Gasteiger partial charge on any atom is -0.461 e. The summed E-state index contributed by atoms with van der Waals surface area (Å²) >= 11 is 0. The predicted molar refractivity (Wildman–Crippen MR) is 57.4 cm³/mol. The van der Waals surface area contributed by atoms with Crippen LogP contribution in [-0.4, -0.2) is 42.4 Å². The second kappa shape index (κ2) is 6.12. The van der Waals surface area contributed by atoms with Crippen LogP contribution < -0.4 is 4.90 Å². The van der Waals surface area contributed by atoms with Crippen LogP contribution in [0.2, 0.25) is 0 Å². The lowest BCUT2D eigenvalue weighted by molar-refractivity contribution is 0.0519. The number of anilines is 1. The van der Waals surface area contributed by atoms with Crippen LogP contribution in [0.4, 0.5) is 6.01 Å². The van der Waals surface area contributed by atoms with E-state index in [2.05, 4.69) is 4.98 Å². The van der Waals surface area contributed by atoms with Crippen LogP contribution >= 0.6 is 0 Å². The molecule has 1 aromatic heterocycles. The topological polar surface area (TPSA) is 75.8 Å². The van der Waals surface area contributed by atoms with E-state index in [1.807, 2.05) is 6.92 Å². The smallest absolute Gasteiger partial charge is 0.360 e. The highest BCUT2D eigenvalue weighted by molar-refractivity contribution is 5.87. The monoisotopic (exact) mass is 228 g/mol. The SMILES string of the molecule is CCOC(=O)c1coc(N(CC)CCO)n1. The highest BCUT2D eigenvalue weighted by Gasteiger charge is 2.16. The molecule has 1 heterocycles. The summed E-state index contributed by atoms with van der Waals surface area (Å²) in [4.78, 5) is 17.0. The van der Waals surface area contributed by atoms with Gasteiger partial charge in [-0.3, -0.25) is 0 Å². The number of likely N-dealkylation sites (N-methyl/N-ethyl adjacent to an activating group) is 1. The number of esters is 1.